The van der Waals surface area contributed by atoms with Gasteiger partial charge in [0.1, 0.15) is 5.82 Å². The van der Waals surface area contributed by atoms with Crippen LogP contribution in [-0.4, -0.2) is 23.0 Å². The van der Waals surface area contributed by atoms with Gasteiger partial charge in [0, 0.05) is 12.5 Å². The second kappa shape index (κ2) is 6.50. The van der Waals surface area contributed by atoms with Crippen LogP contribution in [0, 0.1) is 11.7 Å². The summed E-state index contributed by atoms with van der Waals surface area (Å²) in [6.45, 7) is 0. The number of carbonyl (C=O) groups excluding carboxylic acids is 1. The van der Waals surface area contributed by atoms with E-state index in [1.54, 1.807) is 12.1 Å². The van der Waals surface area contributed by atoms with Gasteiger partial charge < -0.3 is 10.4 Å². The van der Waals surface area contributed by atoms with Crippen LogP contribution >= 0.6 is 0 Å². The van der Waals surface area contributed by atoms with Gasteiger partial charge in [-0.2, -0.15) is 0 Å². The van der Waals surface area contributed by atoms with Crippen molar-refractivity contribution in [3.8, 4) is 0 Å². The molecule has 1 aromatic carbocycles. The van der Waals surface area contributed by atoms with E-state index in [1.807, 2.05) is 0 Å². The summed E-state index contributed by atoms with van der Waals surface area (Å²) >= 11 is 0. The average Bonchev–Trinajstić information content (AvgIpc) is 2.87. The van der Waals surface area contributed by atoms with Crippen molar-refractivity contribution in [3.63, 3.8) is 0 Å². The summed E-state index contributed by atoms with van der Waals surface area (Å²) in [5.74, 6) is -1.49. The summed E-state index contributed by atoms with van der Waals surface area (Å²) < 4.78 is 12.7. The third kappa shape index (κ3) is 4.05. The molecular weight excluding hydrogens is 261 g/mol. The molecule has 108 valence electrons. The highest BCUT2D eigenvalue weighted by Crippen LogP contribution is 2.25. The Morgan fingerprint density at radius 3 is 2.55 bits per heavy atom. The molecule has 0 radical (unpaired) electrons. The third-order valence-electron chi connectivity index (χ3n) is 3.70. The van der Waals surface area contributed by atoms with Crippen LogP contribution in [0.25, 0.3) is 0 Å². The smallest absolute Gasteiger partial charge is 0.306 e. The number of aryl methyl sites for hydroxylation is 1. The van der Waals surface area contributed by atoms with Crippen LogP contribution in [0.3, 0.4) is 0 Å². The van der Waals surface area contributed by atoms with Crippen LogP contribution in [0.4, 0.5) is 4.39 Å². The Hall–Kier alpha value is -1.91. The second-order valence-electron chi connectivity index (χ2n) is 5.24. The molecule has 0 unspecified atom stereocenters. The predicted octanol–water partition coefficient (Wildman–Crippen LogP) is 2.13. The maximum atomic E-state index is 12.7. The SMILES string of the molecule is O=C(CCc1ccc(F)cc1)N[C@H]1CC[C@H](C(=O)O)C1. The van der Waals surface area contributed by atoms with Gasteiger partial charge in [-0.05, 0) is 43.4 Å². The Kier molecular flexibility index (Phi) is 4.71. The lowest BCUT2D eigenvalue weighted by Gasteiger charge is -2.12. The van der Waals surface area contributed by atoms with Gasteiger partial charge in [0.15, 0.2) is 0 Å². The first-order chi connectivity index (χ1) is 9.54. The number of carboxylic acid groups (broad SMARTS) is 1. The number of benzene rings is 1. The van der Waals surface area contributed by atoms with Crippen LogP contribution < -0.4 is 5.32 Å². The molecular formula is C15H18FNO3. The van der Waals surface area contributed by atoms with Crippen LogP contribution in [0.2, 0.25) is 0 Å². The molecule has 2 N–H and O–H groups in total. The molecule has 1 saturated carbocycles. The number of carbonyl (C=O) groups is 2. The van der Waals surface area contributed by atoms with Crippen molar-refractivity contribution in [1.82, 2.24) is 5.32 Å². The van der Waals surface area contributed by atoms with E-state index in [0.717, 1.165) is 12.0 Å². The predicted molar refractivity (Wildman–Crippen MR) is 71.6 cm³/mol. The lowest BCUT2D eigenvalue weighted by atomic mass is 10.1. The van der Waals surface area contributed by atoms with Gasteiger partial charge in [-0.3, -0.25) is 9.59 Å². The summed E-state index contributed by atoms with van der Waals surface area (Å²) in [4.78, 5) is 22.6. The normalized spacial score (nSPS) is 21.6. The zero-order valence-electron chi connectivity index (χ0n) is 11.1. The van der Waals surface area contributed by atoms with Crippen molar-refractivity contribution in [1.29, 1.82) is 0 Å². The zero-order chi connectivity index (χ0) is 14.5. The molecule has 5 heteroatoms. The first kappa shape index (κ1) is 14.5. The van der Waals surface area contributed by atoms with E-state index in [-0.39, 0.29) is 23.7 Å². The fourth-order valence-electron chi connectivity index (χ4n) is 2.55. The quantitative estimate of drug-likeness (QED) is 0.867. The maximum Gasteiger partial charge on any atom is 0.306 e. The van der Waals surface area contributed by atoms with Gasteiger partial charge in [-0.1, -0.05) is 12.1 Å². The van der Waals surface area contributed by atoms with Crippen LogP contribution in [0.1, 0.15) is 31.2 Å². The van der Waals surface area contributed by atoms with Gasteiger partial charge in [-0.25, -0.2) is 4.39 Å². The number of nitrogens with one attached hydrogen (secondary N) is 1. The number of rotatable bonds is 5. The van der Waals surface area contributed by atoms with Crippen LogP contribution in [0.15, 0.2) is 24.3 Å². The summed E-state index contributed by atoms with van der Waals surface area (Å²) in [7, 11) is 0. The van der Waals surface area contributed by atoms with E-state index in [9.17, 15) is 14.0 Å². The van der Waals surface area contributed by atoms with Crippen molar-refractivity contribution >= 4 is 11.9 Å². The first-order valence-electron chi connectivity index (χ1n) is 6.81. The van der Waals surface area contributed by atoms with Crippen molar-refractivity contribution in [2.75, 3.05) is 0 Å². The molecule has 2 atom stereocenters. The largest absolute Gasteiger partial charge is 0.481 e. The minimum Gasteiger partial charge on any atom is -0.481 e. The molecule has 20 heavy (non-hydrogen) atoms. The molecule has 1 aliphatic rings. The molecule has 1 amide bonds. The minimum atomic E-state index is -0.784. The van der Waals surface area contributed by atoms with E-state index in [0.29, 0.717) is 25.7 Å². The Labute approximate surface area is 117 Å². The molecule has 0 aromatic heterocycles. The van der Waals surface area contributed by atoms with E-state index in [1.165, 1.54) is 12.1 Å². The Balaban J connectivity index is 1.73. The summed E-state index contributed by atoms with van der Waals surface area (Å²) in [5, 5.41) is 11.8. The van der Waals surface area contributed by atoms with E-state index in [2.05, 4.69) is 5.32 Å². The molecule has 0 heterocycles. The van der Waals surface area contributed by atoms with Gasteiger partial charge in [0.25, 0.3) is 0 Å². The molecule has 1 fully saturated rings. The Morgan fingerprint density at radius 2 is 1.95 bits per heavy atom. The highest BCUT2D eigenvalue weighted by atomic mass is 19.1. The van der Waals surface area contributed by atoms with E-state index < -0.39 is 5.97 Å². The Bertz CT molecular complexity index is 486. The average molecular weight is 279 g/mol. The van der Waals surface area contributed by atoms with Gasteiger partial charge in [0.2, 0.25) is 5.91 Å². The number of carboxylic acids is 1. The topological polar surface area (TPSA) is 66.4 Å². The minimum absolute atomic E-state index is 0.0307. The summed E-state index contributed by atoms with van der Waals surface area (Å²) in [6, 6.07) is 6.05. The zero-order valence-corrected chi connectivity index (χ0v) is 11.1. The lowest BCUT2D eigenvalue weighted by molar-refractivity contribution is -0.141. The molecule has 4 nitrogen and oxygen atoms in total. The number of halogens is 1. The molecule has 0 aliphatic heterocycles. The standard InChI is InChI=1S/C15H18FNO3/c16-12-5-1-10(2-6-12)3-8-14(18)17-13-7-4-11(9-13)15(19)20/h1-2,5-6,11,13H,3-4,7-9H2,(H,17,18)(H,19,20)/t11-,13-/m0/s1. The number of hydrogen-bond acceptors (Lipinski definition) is 2. The van der Waals surface area contributed by atoms with Crippen molar-refractivity contribution < 1.29 is 19.1 Å². The fraction of sp³-hybridized carbons (Fsp3) is 0.467. The fourth-order valence-corrected chi connectivity index (χ4v) is 2.55. The Morgan fingerprint density at radius 1 is 1.25 bits per heavy atom. The van der Waals surface area contributed by atoms with Gasteiger partial charge >= 0.3 is 5.97 Å². The summed E-state index contributed by atoms with van der Waals surface area (Å²) in [6.07, 6.45) is 2.75. The lowest BCUT2D eigenvalue weighted by Crippen LogP contribution is -2.33. The monoisotopic (exact) mass is 279 g/mol. The highest BCUT2D eigenvalue weighted by Gasteiger charge is 2.30. The van der Waals surface area contributed by atoms with Gasteiger partial charge in [0.05, 0.1) is 5.92 Å². The number of aliphatic carboxylic acids is 1. The van der Waals surface area contributed by atoms with Crippen molar-refractivity contribution in [3.05, 3.63) is 35.6 Å². The third-order valence-corrected chi connectivity index (χ3v) is 3.70. The van der Waals surface area contributed by atoms with Crippen LogP contribution in [0.5, 0.6) is 0 Å². The number of hydrogen-bond donors (Lipinski definition) is 2. The maximum absolute atomic E-state index is 12.7. The molecule has 0 saturated heterocycles. The summed E-state index contributed by atoms with van der Waals surface area (Å²) in [5.41, 5.74) is 0.913. The number of amides is 1. The molecule has 2 rings (SSSR count). The van der Waals surface area contributed by atoms with Crippen molar-refractivity contribution in [2.45, 2.75) is 38.1 Å². The van der Waals surface area contributed by atoms with Crippen LogP contribution in [-0.2, 0) is 16.0 Å². The van der Waals surface area contributed by atoms with E-state index in [4.69, 9.17) is 5.11 Å². The van der Waals surface area contributed by atoms with Crippen molar-refractivity contribution in [2.24, 2.45) is 5.92 Å². The molecule has 1 aliphatic carbocycles. The molecule has 1 aromatic rings. The van der Waals surface area contributed by atoms with Gasteiger partial charge in [-0.15, -0.1) is 0 Å². The second-order valence-corrected chi connectivity index (χ2v) is 5.24. The van der Waals surface area contributed by atoms with E-state index >= 15 is 0 Å². The first-order valence-corrected chi connectivity index (χ1v) is 6.81. The molecule has 0 spiro atoms. The highest BCUT2D eigenvalue weighted by molar-refractivity contribution is 5.77. The molecule has 0 bridgehead atoms.